The molecular formula is C16H18N2O2. The van der Waals surface area contributed by atoms with Crippen molar-refractivity contribution in [2.24, 2.45) is 0 Å². The standard InChI is InChI=1S/C16H18N2O2/c19-15-6-3-7-16-18(15)12(10-20-16)8-11-9-17-14-5-2-1-4-13(11)14/h1-2,4-5,9,12,16-17H,3,6-8,10H2/t12-,16+/m0/s1. The quantitative estimate of drug-likeness (QED) is 0.911. The zero-order chi connectivity index (χ0) is 13.5. The number of H-pyrrole nitrogens is 1. The van der Waals surface area contributed by atoms with Crippen molar-refractivity contribution >= 4 is 16.8 Å². The predicted molar refractivity (Wildman–Crippen MR) is 76.2 cm³/mol. The van der Waals surface area contributed by atoms with Crippen LogP contribution < -0.4 is 0 Å². The number of nitrogens with one attached hydrogen (secondary N) is 1. The fraction of sp³-hybridized carbons (Fsp3) is 0.438. The van der Waals surface area contributed by atoms with Gasteiger partial charge in [0.15, 0.2) is 0 Å². The molecule has 2 aliphatic heterocycles. The van der Waals surface area contributed by atoms with Gasteiger partial charge in [-0.25, -0.2) is 0 Å². The molecule has 3 heterocycles. The van der Waals surface area contributed by atoms with Crippen molar-refractivity contribution in [2.75, 3.05) is 6.61 Å². The van der Waals surface area contributed by atoms with E-state index in [1.165, 1.54) is 10.9 Å². The molecule has 2 aromatic rings. The molecule has 2 fully saturated rings. The van der Waals surface area contributed by atoms with Crippen LogP contribution in [0.15, 0.2) is 30.5 Å². The highest BCUT2D eigenvalue weighted by Gasteiger charge is 2.39. The second-order valence-electron chi connectivity index (χ2n) is 5.70. The number of para-hydroxylation sites is 1. The number of nitrogens with zero attached hydrogens (tertiary/aromatic N) is 1. The molecule has 20 heavy (non-hydrogen) atoms. The summed E-state index contributed by atoms with van der Waals surface area (Å²) in [6.45, 7) is 0.663. The van der Waals surface area contributed by atoms with Gasteiger partial charge in [-0.05, 0) is 30.9 Å². The lowest BCUT2D eigenvalue weighted by molar-refractivity contribution is -0.142. The van der Waals surface area contributed by atoms with Gasteiger partial charge in [0.25, 0.3) is 0 Å². The maximum absolute atomic E-state index is 12.1. The van der Waals surface area contributed by atoms with Crippen LogP contribution in [0.4, 0.5) is 0 Å². The van der Waals surface area contributed by atoms with Gasteiger partial charge in [-0.1, -0.05) is 18.2 Å². The van der Waals surface area contributed by atoms with E-state index in [1.807, 2.05) is 11.0 Å². The number of aromatic nitrogens is 1. The van der Waals surface area contributed by atoms with Crippen LogP contribution in [0.25, 0.3) is 10.9 Å². The van der Waals surface area contributed by atoms with Gasteiger partial charge in [-0.3, -0.25) is 4.79 Å². The average molecular weight is 270 g/mol. The number of piperidine rings is 1. The fourth-order valence-corrected chi connectivity index (χ4v) is 3.47. The van der Waals surface area contributed by atoms with E-state index in [9.17, 15) is 4.79 Å². The highest BCUT2D eigenvalue weighted by molar-refractivity contribution is 5.83. The molecule has 4 nitrogen and oxygen atoms in total. The second-order valence-corrected chi connectivity index (χ2v) is 5.70. The van der Waals surface area contributed by atoms with E-state index in [1.54, 1.807) is 0 Å². The number of carbonyl (C=O) groups is 1. The Hall–Kier alpha value is -1.81. The Balaban J connectivity index is 1.61. The van der Waals surface area contributed by atoms with Crippen molar-refractivity contribution < 1.29 is 9.53 Å². The minimum atomic E-state index is 0.0199. The van der Waals surface area contributed by atoms with E-state index in [2.05, 4.69) is 29.4 Å². The van der Waals surface area contributed by atoms with Crippen molar-refractivity contribution in [2.45, 2.75) is 38.0 Å². The summed E-state index contributed by atoms with van der Waals surface area (Å²) in [5.41, 5.74) is 2.43. The summed E-state index contributed by atoms with van der Waals surface area (Å²) >= 11 is 0. The van der Waals surface area contributed by atoms with E-state index in [4.69, 9.17) is 4.74 Å². The summed E-state index contributed by atoms with van der Waals surface area (Å²) < 4.78 is 5.80. The van der Waals surface area contributed by atoms with Gasteiger partial charge < -0.3 is 14.6 Å². The maximum atomic E-state index is 12.1. The Morgan fingerprint density at radius 1 is 1.35 bits per heavy atom. The molecule has 1 amide bonds. The first-order valence-electron chi connectivity index (χ1n) is 7.31. The summed E-state index contributed by atoms with van der Waals surface area (Å²) in [6.07, 6.45) is 5.56. The first kappa shape index (κ1) is 12.0. The molecule has 2 aliphatic rings. The molecule has 4 rings (SSSR count). The van der Waals surface area contributed by atoms with Crippen LogP contribution >= 0.6 is 0 Å². The normalized spacial score (nSPS) is 26.2. The molecule has 0 aliphatic carbocycles. The highest BCUT2D eigenvalue weighted by atomic mass is 16.5. The largest absolute Gasteiger partial charge is 0.361 e. The van der Waals surface area contributed by atoms with Gasteiger partial charge >= 0.3 is 0 Å². The van der Waals surface area contributed by atoms with Crippen LogP contribution in [0, 0.1) is 0 Å². The van der Waals surface area contributed by atoms with Crippen LogP contribution in [0.2, 0.25) is 0 Å². The summed E-state index contributed by atoms with van der Waals surface area (Å²) in [5.74, 6) is 0.253. The lowest BCUT2D eigenvalue weighted by atomic mass is 10.0. The van der Waals surface area contributed by atoms with Gasteiger partial charge in [0.05, 0.1) is 12.6 Å². The number of fused-ring (bicyclic) bond motifs is 2. The van der Waals surface area contributed by atoms with Crippen molar-refractivity contribution in [1.29, 1.82) is 0 Å². The Morgan fingerprint density at radius 3 is 3.20 bits per heavy atom. The van der Waals surface area contributed by atoms with E-state index >= 15 is 0 Å². The van der Waals surface area contributed by atoms with Crippen molar-refractivity contribution in [1.82, 2.24) is 9.88 Å². The topological polar surface area (TPSA) is 45.3 Å². The number of hydrogen-bond acceptors (Lipinski definition) is 2. The molecule has 0 unspecified atom stereocenters. The minimum Gasteiger partial charge on any atom is -0.361 e. The summed E-state index contributed by atoms with van der Waals surface area (Å²) in [6, 6.07) is 8.49. The van der Waals surface area contributed by atoms with E-state index in [0.29, 0.717) is 13.0 Å². The zero-order valence-electron chi connectivity index (χ0n) is 11.3. The number of hydrogen-bond donors (Lipinski definition) is 1. The maximum Gasteiger partial charge on any atom is 0.224 e. The monoisotopic (exact) mass is 270 g/mol. The molecule has 2 saturated heterocycles. The molecular weight excluding hydrogens is 252 g/mol. The molecule has 0 saturated carbocycles. The van der Waals surface area contributed by atoms with Gasteiger partial charge in [-0.2, -0.15) is 0 Å². The highest BCUT2D eigenvalue weighted by Crippen LogP contribution is 2.30. The number of rotatable bonds is 2. The van der Waals surface area contributed by atoms with Gasteiger partial charge in [0, 0.05) is 23.5 Å². The van der Waals surface area contributed by atoms with Crippen LogP contribution in [0.1, 0.15) is 24.8 Å². The summed E-state index contributed by atoms with van der Waals surface area (Å²) in [5, 5.41) is 1.25. The molecule has 1 aromatic carbocycles. The van der Waals surface area contributed by atoms with Crippen molar-refractivity contribution in [3.63, 3.8) is 0 Å². The third-order valence-corrected chi connectivity index (χ3v) is 4.44. The molecule has 2 atom stereocenters. The minimum absolute atomic E-state index is 0.0199. The number of carbonyl (C=O) groups excluding carboxylic acids is 1. The smallest absolute Gasteiger partial charge is 0.224 e. The average Bonchev–Trinajstić information content (AvgIpc) is 3.06. The van der Waals surface area contributed by atoms with Crippen LogP contribution in [0.5, 0.6) is 0 Å². The van der Waals surface area contributed by atoms with E-state index in [-0.39, 0.29) is 18.2 Å². The predicted octanol–water partition coefficient (Wildman–Crippen LogP) is 2.45. The third-order valence-electron chi connectivity index (χ3n) is 4.44. The first-order valence-corrected chi connectivity index (χ1v) is 7.31. The summed E-state index contributed by atoms with van der Waals surface area (Å²) in [4.78, 5) is 17.4. The number of amides is 1. The molecule has 0 bridgehead atoms. The molecule has 0 radical (unpaired) electrons. The Labute approximate surface area is 117 Å². The molecule has 4 heteroatoms. The van der Waals surface area contributed by atoms with Crippen LogP contribution in [-0.2, 0) is 16.0 Å². The third kappa shape index (κ3) is 1.83. The van der Waals surface area contributed by atoms with Gasteiger partial charge in [-0.15, -0.1) is 0 Å². The lowest BCUT2D eigenvalue weighted by Gasteiger charge is -2.31. The Kier molecular flexibility index (Phi) is 2.77. The molecule has 1 aromatic heterocycles. The summed E-state index contributed by atoms with van der Waals surface area (Å²) in [7, 11) is 0. The number of ether oxygens (including phenoxy) is 1. The Bertz CT molecular complexity index is 649. The molecule has 104 valence electrons. The number of aromatic amines is 1. The van der Waals surface area contributed by atoms with Crippen LogP contribution in [-0.4, -0.2) is 34.7 Å². The SMILES string of the molecule is O=C1CCC[C@H]2OC[C@H](Cc3c[nH]c4ccccc34)N12. The van der Waals surface area contributed by atoms with Crippen molar-refractivity contribution in [3.05, 3.63) is 36.0 Å². The second kappa shape index (κ2) is 4.63. The van der Waals surface area contributed by atoms with E-state index in [0.717, 1.165) is 24.8 Å². The number of benzene rings is 1. The zero-order valence-corrected chi connectivity index (χ0v) is 11.3. The molecule has 0 spiro atoms. The lowest BCUT2D eigenvalue weighted by Crippen LogP contribution is -2.45. The van der Waals surface area contributed by atoms with Gasteiger partial charge in [0.2, 0.25) is 5.91 Å². The Morgan fingerprint density at radius 2 is 2.25 bits per heavy atom. The van der Waals surface area contributed by atoms with Crippen LogP contribution in [0.3, 0.4) is 0 Å². The molecule has 1 N–H and O–H groups in total. The van der Waals surface area contributed by atoms with E-state index < -0.39 is 0 Å². The first-order chi connectivity index (χ1) is 9.83. The fourth-order valence-electron chi connectivity index (χ4n) is 3.47. The van der Waals surface area contributed by atoms with Crippen molar-refractivity contribution in [3.8, 4) is 0 Å². The van der Waals surface area contributed by atoms with Gasteiger partial charge in [0.1, 0.15) is 6.23 Å².